The molecule has 11 heteroatoms. The van der Waals surface area contributed by atoms with Crippen molar-refractivity contribution in [1.29, 1.82) is 0 Å². The van der Waals surface area contributed by atoms with Gasteiger partial charge in [-0.15, -0.1) is 0 Å². The summed E-state index contributed by atoms with van der Waals surface area (Å²) in [4.78, 5) is 23.0. The molecule has 46 heavy (non-hydrogen) atoms. The number of carboxylic acids is 1. The van der Waals surface area contributed by atoms with Gasteiger partial charge in [0.25, 0.3) is 0 Å². The number of likely N-dealkylation sites (tertiary alicyclic amines) is 1. The Labute approximate surface area is 263 Å². The van der Waals surface area contributed by atoms with Gasteiger partial charge in [0.05, 0.1) is 35.5 Å². The normalized spacial score (nSPS) is 15.6. The van der Waals surface area contributed by atoms with E-state index < -0.39 is 23.4 Å². The van der Waals surface area contributed by atoms with Gasteiger partial charge in [-0.25, -0.2) is 27.9 Å². The maximum Gasteiger partial charge on any atom is 0.335 e. The van der Waals surface area contributed by atoms with Crippen molar-refractivity contribution < 1.29 is 32.5 Å². The fourth-order valence-corrected chi connectivity index (χ4v) is 6.22. The first-order valence-electron chi connectivity index (χ1n) is 15.0. The van der Waals surface area contributed by atoms with Crippen LogP contribution in [-0.2, 0) is 24.3 Å². The number of nitrogens with zero attached hydrogens (tertiary/aromatic N) is 4. The van der Waals surface area contributed by atoms with Crippen molar-refractivity contribution in [2.75, 3.05) is 32.8 Å². The fraction of sp³-hybridized carbons (Fsp3) is 0.286. The minimum absolute atomic E-state index is 0.00338. The number of aromatic carboxylic acids is 1. The number of aryl methyl sites for hydroxylation is 1. The van der Waals surface area contributed by atoms with Gasteiger partial charge in [0.2, 0.25) is 5.88 Å². The van der Waals surface area contributed by atoms with Crippen LogP contribution in [0.25, 0.3) is 22.3 Å². The maximum atomic E-state index is 15.6. The lowest BCUT2D eigenvalue weighted by atomic mass is 9.78. The molecule has 0 atom stereocenters. The Morgan fingerprint density at radius 2 is 1.74 bits per heavy atom. The van der Waals surface area contributed by atoms with Crippen LogP contribution in [0.2, 0.25) is 0 Å². The maximum absolute atomic E-state index is 15.6. The molecule has 0 unspecified atom stereocenters. The number of pyridine rings is 1. The van der Waals surface area contributed by atoms with Crippen LogP contribution >= 0.6 is 0 Å². The van der Waals surface area contributed by atoms with Gasteiger partial charge in [-0.2, -0.15) is 0 Å². The van der Waals surface area contributed by atoms with E-state index in [1.807, 2.05) is 4.57 Å². The number of imidazole rings is 1. The molecule has 1 N–H and O–H groups in total. The number of ether oxygens (including phenoxy) is 2. The number of rotatable bonds is 10. The highest BCUT2D eigenvalue weighted by atomic mass is 19.1. The summed E-state index contributed by atoms with van der Waals surface area (Å²) in [6.07, 6.45) is -0.00338. The molecule has 2 fully saturated rings. The van der Waals surface area contributed by atoms with E-state index in [0.29, 0.717) is 35.5 Å². The summed E-state index contributed by atoms with van der Waals surface area (Å²) in [5.74, 6) is -2.11. The van der Waals surface area contributed by atoms with E-state index in [9.17, 15) is 14.3 Å². The van der Waals surface area contributed by atoms with Gasteiger partial charge in [0, 0.05) is 55.2 Å². The van der Waals surface area contributed by atoms with Crippen LogP contribution in [0.4, 0.5) is 13.2 Å². The molecule has 2 aliphatic rings. The molecular weight excluding hydrogens is 597 g/mol. The number of aromatic nitrogens is 3. The minimum Gasteiger partial charge on any atom is -0.478 e. The number of carbonyl (C=O) groups is 1. The standard InChI is InChI=1S/C35H31F3N4O4/c1-21-5-6-23(26(36)11-21)16-46-33-4-2-3-29(40-33)25-15-27(37)24(12-28(25)38)14-32-39-30-8-7-22(34(43)44)13-31(30)42(32)10-9-41-17-35(18-41)19-45-20-35/h2-8,11-13,15H,9-10,14,16-20H2,1H3,(H,43,44). The van der Waals surface area contributed by atoms with Gasteiger partial charge >= 0.3 is 5.97 Å². The van der Waals surface area contributed by atoms with Crippen molar-refractivity contribution in [2.24, 2.45) is 5.41 Å². The van der Waals surface area contributed by atoms with Gasteiger partial charge in [0.15, 0.2) is 0 Å². The van der Waals surface area contributed by atoms with E-state index in [1.165, 1.54) is 12.1 Å². The molecule has 4 heterocycles. The first-order valence-corrected chi connectivity index (χ1v) is 15.0. The van der Waals surface area contributed by atoms with E-state index in [0.717, 1.165) is 44.0 Å². The lowest BCUT2D eigenvalue weighted by Crippen LogP contribution is -2.66. The van der Waals surface area contributed by atoms with Crippen LogP contribution in [0, 0.1) is 29.8 Å². The Hall–Kier alpha value is -4.74. The second-order valence-corrected chi connectivity index (χ2v) is 12.2. The predicted octanol–water partition coefficient (Wildman–Crippen LogP) is 6.02. The number of benzene rings is 3. The third-order valence-electron chi connectivity index (χ3n) is 8.72. The van der Waals surface area contributed by atoms with E-state index in [2.05, 4.69) is 9.88 Å². The van der Waals surface area contributed by atoms with E-state index in [1.54, 1.807) is 49.4 Å². The lowest BCUT2D eigenvalue weighted by Gasteiger charge is -2.55. The predicted molar refractivity (Wildman–Crippen MR) is 164 cm³/mol. The van der Waals surface area contributed by atoms with E-state index >= 15 is 8.78 Å². The van der Waals surface area contributed by atoms with Crippen molar-refractivity contribution in [1.82, 2.24) is 19.4 Å². The molecule has 0 radical (unpaired) electrons. The molecule has 3 aromatic carbocycles. The van der Waals surface area contributed by atoms with Crippen molar-refractivity contribution in [3.8, 4) is 17.1 Å². The molecule has 236 valence electrons. The average Bonchev–Trinajstić information content (AvgIpc) is 3.33. The fourth-order valence-electron chi connectivity index (χ4n) is 6.22. The first kappa shape index (κ1) is 29.9. The molecule has 7 rings (SSSR count). The van der Waals surface area contributed by atoms with Crippen LogP contribution in [0.1, 0.15) is 32.9 Å². The quantitative estimate of drug-likeness (QED) is 0.202. The van der Waals surface area contributed by atoms with E-state index in [-0.39, 0.29) is 46.7 Å². The Bertz CT molecular complexity index is 1970. The molecule has 8 nitrogen and oxygen atoms in total. The van der Waals surface area contributed by atoms with Crippen LogP contribution in [-0.4, -0.2) is 63.4 Å². The molecule has 0 saturated carbocycles. The lowest BCUT2D eigenvalue weighted by molar-refractivity contribution is -0.189. The van der Waals surface area contributed by atoms with Gasteiger partial charge in [0.1, 0.15) is 29.9 Å². The second-order valence-electron chi connectivity index (χ2n) is 12.2. The summed E-state index contributed by atoms with van der Waals surface area (Å²) in [6, 6.07) is 16.5. The number of halogens is 3. The van der Waals surface area contributed by atoms with E-state index in [4.69, 9.17) is 14.5 Å². The number of hydrogen-bond acceptors (Lipinski definition) is 6. The summed E-state index contributed by atoms with van der Waals surface area (Å²) in [5.41, 5.74) is 2.95. The highest BCUT2D eigenvalue weighted by molar-refractivity contribution is 5.92. The Balaban J connectivity index is 1.13. The largest absolute Gasteiger partial charge is 0.478 e. The van der Waals surface area contributed by atoms with Gasteiger partial charge in [-0.1, -0.05) is 18.2 Å². The molecule has 0 amide bonds. The molecule has 0 bridgehead atoms. The zero-order chi connectivity index (χ0) is 32.0. The summed E-state index contributed by atoms with van der Waals surface area (Å²) < 4.78 is 58.3. The van der Waals surface area contributed by atoms with Gasteiger partial charge in [-0.3, -0.25) is 0 Å². The molecule has 5 aromatic rings. The highest BCUT2D eigenvalue weighted by Crippen LogP contribution is 2.37. The topological polar surface area (TPSA) is 89.7 Å². The Morgan fingerprint density at radius 1 is 0.935 bits per heavy atom. The smallest absolute Gasteiger partial charge is 0.335 e. The summed E-state index contributed by atoms with van der Waals surface area (Å²) in [6.45, 7) is 6.34. The molecule has 2 aromatic heterocycles. The van der Waals surface area contributed by atoms with Crippen LogP contribution < -0.4 is 4.74 Å². The molecule has 1 spiro atoms. The number of hydrogen-bond donors (Lipinski definition) is 1. The summed E-state index contributed by atoms with van der Waals surface area (Å²) in [5, 5.41) is 9.57. The molecular formula is C35H31F3N4O4. The minimum atomic E-state index is -1.06. The van der Waals surface area contributed by atoms with Crippen molar-refractivity contribution in [3.63, 3.8) is 0 Å². The van der Waals surface area contributed by atoms with Crippen molar-refractivity contribution >= 4 is 17.0 Å². The Morgan fingerprint density at radius 3 is 2.48 bits per heavy atom. The second kappa shape index (κ2) is 11.9. The number of carboxylic acid groups (broad SMARTS) is 1. The van der Waals surface area contributed by atoms with Gasteiger partial charge < -0.3 is 24.0 Å². The monoisotopic (exact) mass is 628 g/mol. The zero-order valence-electron chi connectivity index (χ0n) is 25.1. The zero-order valence-corrected chi connectivity index (χ0v) is 25.1. The van der Waals surface area contributed by atoms with Crippen LogP contribution in [0.5, 0.6) is 5.88 Å². The van der Waals surface area contributed by atoms with Crippen LogP contribution in [0.3, 0.4) is 0 Å². The third-order valence-corrected chi connectivity index (χ3v) is 8.72. The highest BCUT2D eigenvalue weighted by Gasteiger charge is 2.48. The third kappa shape index (κ3) is 5.83. The summed E-state index contributed by atoms with van der Waals surface area (Å²) in [7, 11) is 0. The van der Waals surface area contributed by atoms with Gasteiger partial charge in [-0.05, 0) is 60.5 Å². The van der Waals surface area contributed by atoms with Crippen molar-refractivity contribution in [2.45, 2.75) is 26.5 Å². The SMILES string of the molecule is Cc1ccc(COc2cccc(-c3cc(F)c(Cc4nc5ccc(C(=O)O)cc5n4CCN4CC5(COC5)C4)cc3F)n2)c(F)c1. The molecule has 0 aliphatic carbocycles. The first-order chi connectivity index (χ1) is 22.2. The molecule has 2 aliphatic heterocycles. The molecule has 2 saturated heterocycles. The Kier molecular flexibility index (Phi) is 7.74. The van der Waals surface area contributed by atoms with Crippen LogP contribution in [0.15, 0.2) is 66.7 Å². The summed E-state index contributed by atoms with van der Waals surface area (Å²) >= 11 is 0. The number of fused-ring (bicyclic) bond motifs is 1. The van der Waals surface area contributed by atoms with Crippen molar-refractivity contribution in [3.05, 3.63) is 112 Å². The average molecular weight is 629 g/mol.